The van der Waals surface area contributed by atoms with Crippen molar-refractivity contribution in [1.82, 2.24) is 9.80 Å². The minimum absolute atomic E-state index is 0.0461. The van der Waals surface area contributed by atoms with E-state index in [4.69, 9.17) is 10.5 Å². The number of morpholine rings is 1. The second kappa shape index (κ2) is 5.67. The number of amides is 2. The normalized spacial score (nSPS) is 26.2. The van der Waals surface area contributed by atoms with Gasteiger partial charge in [0.15, 0.2) is 0 Å². The van der Waals surface area contributed by atoms with Gasteiger partial charge in [-0.25, -0.2) is 0 Å². The number of rotatable bonds is 2. The van der Waals surface area contributed by atoms with E-state index in [0.29, 0.717) is 32.8 Å². The number of hydrogen-bond donors (Lipinski definition) is 1. The first-order valence-corrected chi connectivity index (χ1v) is 6.54. The summed E-state index contributed by atoms with van der Waals surface area (Å²) in [6.45, 7) is 4.71. The number of carbonyl (C=O) groups is 2. The highest BCUT2D eigenvalue weighted by molar-refractivity contribution is 5.90. The highest BCUT2D eigenvalue weighted by Gasteiger charge is 2.37. The van der Waals surface area contributed by atoms with Gasteiger partial charge in [0.2, 0.25) is 11.8 Å². The maximum Gasteiger partial charge on any atom is 0.245 e. The molecule has 2 N–H and O–H groups in total. The van der Waals surface area contributed by atoms with E-state index < -0.39 is 6.04 Å². The van der Waals surface area contributed by atoms with Crippen molar-refractivity contribution in [2.24, 2.45) is 5.73 Å². The van der Waals surface area contributed by atoms with Gasteiger partial charge in [0.1, 0.15) is 6.04 Å². The summed E-state index contributed by atoms with van der Waals surface area (Å²) in [5, 5.41) is 0. The van der Waals surface area contributed by atoms with Crippen LogP contribution in [0.5, 0.6) is 0 Å². The minimum Gasteiger partial charge on any atom is -0.378 e. The molecule has 0 radical (unpaired) electrons. The SMILES string of the molecule is C[C@@H](N)C(=O)N1CCCC1C(=O)N1CCOCC1. The number of ether oxygens (including phenoxy) is 1. The molecule has 0 aromatic rings. The van der Waals surface area contributed by atoms with E-state index >= 15 is 0 Å². The molecule has 2 aliphatic rings. The van der Waals surface area contributed by atoms with Gasteiger partial charge in [0.25, 0.3) is 0 Å². The van der Waals surface area contributed by atoms with E-state index in [1.165, 1.54) is 0 Å². The third-order valence-electron chi connectivity index (χ3n) is 3.53. The maximum atomic E-state index is 12.4. The Bertz CT molecular complexity index is 327. The van der Waals surface area contributed by atoms with E-state index in [2.05, 4.69) is 0 Å². The lowest BCUT2D eigenvalue weighted by Crippen LogP contribution is -2.53. The third kappa shape index (κ3) is 2.64. The molecular weight excluding hydrogens is 234 g/mol. The number of nitrogens with zero attached hydrogens (tertiary/aromatic N) is 2. The molecule has 6 nitrogen and oxygen atoms in total. The van der Waals surface area contributed by atoms with Crippen molar-refractivity contribution in [3.05, 3.63) is 0 Å². The Morgan fingerprint density at radius 3 is 2.56 bits per heavy atom. The van der Waals surface area contributed by atoms with Gasteiger partial charge < -0.3 is 20.3 Å². The molecule has 2 saturated heterocycles. The topological polar surface area (TPSA) is 75.9 Å². The monoisotopic (exact) mass is 255 g/mol. The lowest BCUT2D eigenvalue weighted by molar-refractivity contribution is -0.146. The van der Waals surface area contributed by atoms with Crippen LogP contribution in [0.2, 0.25) is 0 Å². The summed E-state index contributed by atoms with van der Waals surface area (Å²) in [5.41, 5.74) is 5.62. The Hall–Kier alpha value is -1.14. The van der Waals surface area contributed by atoms with Crippen molar-refractivity contribution in [1.29, 1.82) is 0 Å². The average Bonchev–Trinajstić information content (AvgIpc) is 2.87. The summed E-state index contributed by atoms with van der Waals surface area (Å²) < 4.78 is 5.23. The maximum absolute atomic E-state index is 12.4. The Morgan fingerprint density at radius 2 is 1.94 bits per heavy atom. The molecule has 2 atom stereocenters. The Kier molecular flexibility index (Phi) is 4.19. The zero-order chi connectivity index (χ0) is 13.1. The lowest BCUT2D eigenvalue weighted by Gasteiger charge is -2.33. The number of likely N-dealkylation sites (tertiary alicyclic amines) is 1. The van der Waals surface area contributed by atoms with Crippen LogP contribution in [-0.4, -0.2) is 66.5 Å². The largest absolute Gasteiger partial charge is 0.378 e. The Balaban J connectivity index is 2.01. The molecule has 6 heteroatoms. The van der Waals surface area contributed by atoms with E-state index in [1.54, 1.807) is 16.7 Å². The van der Waals surface area contributed by atoms with Gasteiger partial charge in [0, 0.05) is 19.6 Å². The van der Waals surface area contributed by atoms with Crippen LogP contribution in [0.25, 0.3) is 0 Å². The quantitative estimate of drug-likeness (QED) is 0.700. The summed E-state index contributed by atoms with van der Waals surface area (Å²) in [4.78, 5) is 27.8. The summed E-state index contributed by atoms with van der Waals surface area (Å²) in [5.74, 6) is -0.0797. The van der Waals surface area contributed by atoms with Crippen molar-refractivity contribution in [3.63, 3.8) is 0 Å². The Morgan fingerprint density at radius 1 is 1.28 bits per heavy atom. The standard InChI is InChI=1S/C12H21N3O3/c1-9(13)11(16)15-4-2-3-10(15)12(17)14-5-7-18-8-6-14/h9-10H,2-8,13H2,1H3/t9-,10?/m1/s1. The fraction of sp³-hybridized carbons (Fsp3) is 0.833. The summed E-state index contributed by atoms with van der Waals surface area (Å²) in [6.07, 6.45) is 1.62. The second-order valence-corrected chi connectivity index (χ2v) is 4.92. The molecule has 18 heavy (non-hydrogen) atoms. The van der Waals surface area contributed by atoms with Crippen LogP contribution in [0.4, 0.5) is 0 Å². The van der Waals surface area contributed by atoms with E-state index in [-0.39, 0.29) is 17.9 Å². The van der Waals surface area contributed by atoms with Crippen LogP contribution in [0.1, 0.15) is 19.8 Å². The van der Waals surface area contributed by atoms with Crippen LogP contribution >= 0.6 is 0 Å². The predicted molar refractivity (Wildman–Crippen MR) is 65.8 cm³/mol. The number of nitrogens with two attached hydrogens (primary N) is 1. The van der Waals surface area contributed by atoms with Crippen molar-refractivity contribution in [2.75, 3.05) is 32.8 Å². The van der Waals surface area contributed by atoms with Crippen molar-refractivity contribution >= 4 is 11.8 Å². The van der Waals surface area contributed by atoms with Gasteiger partial charge in [-0.15, -0.1) is 0 Å². The first-order chi connectivity index (χ1) is 8.61. The predicted octanol–water partition coefficient (Wildman–Crippen LogP) is -0.817. The summed E-state index contributed by atoms with van der Waals surface area (Å²) >= 11 is 0. The number of hydrogen-bond acceptors (Lipinski definition) is 4. The molecule has 2 heterocycles. The zero-order valence-electron chi connectivity index (χ0n) is 10.8. The third-order valence-corrected chi connectivity index (χ3v) is 3.53. The molecule has 2 fully saturated rings. The lowest BCUT2D eigenvalue weighted by atomic mass is 10.1. The molecule has 1 unspecified atom stereocenters. The molecule has 2 rings (SSSR count). The summed E-state index contributed by atoms with van der Waals surface area (Å²) in [7, 11) is 0. The van der Waals surface area contributed by atoms with Crippen LogP contribution in [0.3, 0.4) is 0 Å². The van der Waals surface area contributed by atoms with Crippen LogP contribution < -0.4 is 5.73 Å². The molecule has 102 valence electrons. The van der Waals surface area contributed by atoms with Crippen molar-refractivity contribution in [2.45, 2.75) is 31.8 Å². The molecule has 2 amide bonds. The minimum atomic E-state index is -0.539. The van der Waals surface area contributed by atoms with Crippen molar-refractivity contribution in [3.8, 4) is 0 Å². The van der Waals surface area contributed by atoms with E-state index in [0.717, 1.165) is 12.8 Å². The average molecular weight is 255 g/mol. The summed E-state index contributed by atoms with van der Waals surface area (Å²) in [6, 6.07) is -0.857. The van der Waals surface area contributed by atoms with Gasteiger partial charge in [-0.3, -0.25) is 9.59 Å². The van der Waals surface area contributed by atoms with E-state index in [1.807, 2.05) is 0 Å². The number of carbonyl (C=O) groups excluding carboxylic acids is 2. The first-order valence-electron chi connectivity index (χ1n) is 6.54. The molecule has 2 aliphatic heterocycles. The first kappa shape index (κ1) is 13.3. The molecular formula is C12H21N3O3. The van der Waals surface area contributed by atoms with Gasteiger partial charge in [-0.1, -0.05) is 0 Å². The fourth-order valence-electron chi connectivity index (χ4n) is 2.54. The molecule has 0 bridgehead atoms. The van der Waals surface area contributed by atoms with Gasteiger partial charge in [-0.05, 0) is 19.8 Å². The van der Waals surface area contributed by atoms with Crippen molar-refractivity contribution < 1.29 is 14.3 Å². The fourth-order valence-corrected chi connectivity index (χ4v) is 2.54. The molecule has 0 aliphatic carbocycles. The molecule has 0 aromatic carbocycles. The molecule has 0 saturated carbocycles. The van der Waals surface area contributed by atoms with Crippen LogP contribution in [0.15, 0.2) is 0 Å². The van der Waals surface area contributed by atoms with E-state index in [9.17, 15) is 9.59 Å². The highest BCUT2D eigenvalue weighted by atomic mass is 16.5. The van der Waals surface area contributed by atoms with Gasteiger partial charge in [-0.2, -0.15) is 0 Å². The molecule has 0 spiro atoms. The van der Waals surface area contributed by atoms with Crippen LogP contribution in [-0.2, 0) is 14.3 Å². The second-order valence-electron chi connectivity index (χ2n) is 4.92. The van der Waals surface area contributed by atoms with Gasteiger partial charge >= 0.3 is 0 Å². The zero-order valence-corrected chi connectivity index (χ0v) is 10.8. The Labute approximate surface area is 107 Å². The van der Waals surface area contributed by atoms with Gasteiger partial charge in [0.05, 0.1) is 19.3 Å². The highest BCUT2D eigenvalue weighted by Crippen LogP contribution is 2.20. The smallest absolute Gasteiger partial charge is 0.245 e. The van der Waals surface area contributed by atoms with Crippen LogP contribution in [0, 0.1) is 0 Å². The molecule has 0 aromatic heterocycles.